The molecule has 0 amide bonds. The number of nitrogens with one attached hydrogen (secondary N) is 2. The fraction of sp³-hybridized carbons (Fsp3) is 0.261. The molecule has 3 aromatic rings. The third-order valence-corrected chi connectivity index (χ3v) is 4.14. The molecule has 2 heterocycles. The van der Waals surface area contributed by atoms with Crippen molar-refractivity contribution in [1.29, 1.82) is 0 Å². The number of aliphatic carboxylic acids is 1. The molecule has 18 heteroatoms. The van der Waals surface area contributed by atoms with Crippen molar-refractivity contribution in [2.75, 3.05) is 13.1 Å². The zero-order valence-electron chi connectivity index (χ0n) is 21.3. The summed E-state index contributed by atoms with van der Waals surface area (Å²) in [4.78, 5) is 18.8. The molecule has 2 aromatic heterocycles. The number of halogens is 2. The first kappa shape index (κ1) is 40.8. The number of carbonyl (C=O) groups excluding carboxylic acids is 1. The molecule has 1 aromatic carbocycles. The fourth-order valence-corrected chi connectivity index (χ4v) is 2.57. The van der Waals surface area contributed by atoms with E-state index in [-0.39, 0.29) is 16.8 Å². The predicted octanol–water partition coefficient (Wildman–Crippen LogP) is -8.85. The van der Waals surface area contributed by atoms with Gasteiger partial charge in [-0.2, -0.15) is 0 Å². The number of rotatable bonds is 10. The SMILES string of the molecule is N[C@@H](Cc1ccccc1)C(=O)[O-].[Co+3].[O-][Cl+3]([O-])([O-])[O-].[O-][Cl+3]([O-])([O-])[O-].c1ccc(CNCCNCc2ccccn2)nc1. The van der Waals surface area contributed by atoms with E-state index in [1.807, 2.05) is 79.1 Å². The molecular weight excluding hydrogens is 636 g/mol. The number of pyridine rings is 2. The van der Waals surface area contributed by atoms with E-state index < -0.39 is 32.5 Å². The summed E-state index contributed by atoms with van der Waals surface area (Å²) < 4.78 is 67.9. The summed E-state index contributed by atoms with van der Waals surface area (Å²) in [5, 5.41) is 17.0. The van der Waals surface area contributed by atoms with Gasteiger partial charge >= 0.3 is 16.8 Å². The van der Waals surface area contributed by atoms with Gasteiger partial charge in [-0.1, -0.05) is 42.5 Å². The number of carbonyl (C=O) groups is 1. The van der Waals surface area contributed by atoms with Crippen molar-refractivity contribution < 1.29 is 84.4 Å². The standard InChI is InChI=1S/C14H18N4.C9H11NO2.2ClHO4.Co/c1-3-7-17-13(5-1)11-15-9-10-16-12-14-6-2-4-8-18-14;10-8(9(11)12)6-7-4-2-1-3-5-7;2*2-1(3,4)5;/h1-8,15-16H,9-12H2;1-5,8H,6,10H2,(H,11,12);2*(H,2,3,4,5);/q;;;;+3/p-3/t;8-;;;/m.0.../s1. The van der Waals surface area contributed by atoms with Crippen LogP contribution in [0.3, 0.4) is 0 Å². The van der Waals surface area contributed by atoms with Gasteiger partial charge in [0, 0.05) is 44.6 Å². The average Bonchev–Trinajstić information content (AvgIpc) is 2.86. The molecule has 0 aliphatic rings. The van der Waals surface area contributed by atoms with Gasteiger partial charge in [-0.05, 0) is 36.2 Å². The molecule has 0 radical (unpaired) electrons. The van der Waals surface area contributed by atoms with Gasteiger partial charge in [-0.25, -0.2) is 37.3 Å². The number of nitrogens with zero attached hydrogens (tertiary/aromatic N) is 2. The Bertz CT molecular complexity index is 970. The van der Waals surface area contributed by atoms with Crippen LogP contribution in [0, 0.1) is 20.5 Å². The molecule has 15 nitrogen and oxygen atoms in total. The quantitative estimate of drug-likeness (QED) is 0.170. The Balaban J connectivity index is 0. The minimum absolute atomic E-state index is 0. The molecule has 0 bridgehead atoms. The number of benzene rings is 1. The van der Waals surface area contributed by atoms with Crippen LogP contribution in [0.15, 0.2) is 79.1 Å². The number of carboxylic acids is 1. The summed E-state index contributed by atoms with van der Waals surface area (Å²) in [6, 6.07) is 20.2. The number of carboxylic acid groups (broad SMARTS) is 1. The summed E-state index contributed by atoms with van der Waals surface area (Å²) in [6.07, 6.45) is 3.95. The first-order valence-electron chi connectivity index (χ1n) is 11.1. The third kappa shape index (κ3) is 32.0. The van der Waals surface area contributed by atoms with Crippen LogP contribution < -0.4 is 58.7 Å². The van der Waals surface area contributed by atoms with Gasteiger partial charge < -0.3 is 26.3 Å². The number of hydrogen-bond acceptors (Lipinski definition) is 15. The minimum Gasteiger partial charge on any atom is -0.548 e. The molecule has 0 saturated heterocycles. The van der Waals surface area contributed by atoms with Crippen molar-refractivity contribution in [3.8, 4) is 0 Å². The van der Waals surface area contributed by atoms with Gasteiger partial charge in [-0.15, -0.1) is 20.5 Å². The second-order valence-corrected chi connectivity index (χ2v) is 8.88. The number of aromatic nitrogens is 2. The van der Waals surface area contributed by atoms with Gasteiger partial charge in [0.1, 0.15) is 0 Å². The maximum Gasteiger partial charge on any atom is 3.00 e. The first-order valence-corrected chi connectivity index (χ1v) is 13.6. The van der Waals surface area contributed by atoms with Crippen molar-refractivity contribution in [3.63, 3.8) is 0 Å². The third-order valence-electron chi connectivity index (χ3n) is 4.14. The molecule has 41 heavy (non-hydrogen) atoms. The molecule has 0 fully saturated rings. The van der Waals surface area contributed by atoms with E-state index in [4.69, 9.17) is 43.0 Å². The van der Waals surface area contributed by atoms with Crippen LogP contribution in [0.2, 0.25) is 0 Å². The van der Waals surface area contributed by atoms with Crippen LogP contribution in [0.1, 0.15) is 17.0 Å². The van der Waals surface area contributed by atoms with E-state index in [2.05, 4.69) is 20.6 Å². The second-order valence-electron chi connectivity index (χ2n) is 7.37. The Kier molecular flexibility index (Phi) is 23.1. The number of hydrogen-bond donors (Lipinski definition) is 3. The Morgan fingerprint density at radius 2 is 1.07 bits per heavy atom. The topological polar surface area (TPSA) is 300 Å². The largest absolute Gasteiger partial charge is 3.00 e. The smallest absolute Gasteiger partial charge is 0.548 e. The second kappa shape index (κ2) is 23.2. The Labute approximate surface area is 251 Å². The van der Waals surface area contributed by atoms with Gasteiger partial charge in [-0.3, -0.25) is 9.97 Å². The maximum atomic E-state index is 10.3. The van der Waals surface area contributed by atoms with E-state index in [0.717, 1.165) is 43.1 Å². The van der Waals surface area contributed by atoms with Crippen molar-refractivity contribution in [3.05, 3.63) is 96.1 Å². The molecule has 0 aliphatic heterocycles. The van der Waals surface area contributed by atoms with E-state index in [0.29, 0.717) is 6.42 Å². The number of nitrogens with two attached hydrogens (primary N) is 1. The first-order chi connectivity index (χ1) is 18.6. The molecule has 3 rings (SSSR count). The van der Waals surface area contributed by atoms with Crippen molar-refractivity contribution in [1.82, 2.24) is 20.6 Å². The van der Waals surface area contributed by atoms with Gasteiger partial charge in [0.15, 0.2) is 0 Å². The van der Waals surface area contributed by atoms with E-state index in [1.165, 1.54) is 0 Å². The molecule has 4 N–H and O–H groups in total. The Hall–Kier alpha value is -2.36. The Morgan fingerprint density at radius 3 is 1.39 bits per heavy atom. The molecule has 228 valence electrons. The summed E-state index contributed by atoms with van der Waals surface area (Å²) >= 11 is 0. The van der Waals surface area contributed by atoms with E-state index in [9.17, 15) is 9.90 Å². The molecular formula is C23H28Cl2CoN5O10. The van der Waals surface area contributed by atoms with Crippen molar-refractivity contribution in [2.45, 2.75) is 25.6 Å². The molecule has 0 aliphatic carbocycles. The van der Waals surface area contributed by atoms with Crippen molar-refractivity contribution in [2.24, 2.45) is 5.73 Å². The summed E-state index contributed by atoms with van der Waals surface area (Å²) in [7, 11) is -9.89. The average molecular weight is 664 g/mol. The van der Waals surface area contributed by atoms with Gasteiger partial charge in [0.05, 0.1) is 17.4 Å². The monoisotopic (exact) mass is 663 g/mol. The zero-order valence-corrected chi connectivity index (χ0v) is 23.8. The zero-order chi connectivity index (χ0) is 30.4. The minimum atomic E-state index is -4.94. The van der Waals surface area contributed by atoms with Crippen LogP contribution in [-0.2, 0) is 41.1 Å². The predicted molar refractivity (Wildman–Crippen MR) is 115 cm³/mol. The molecule has 1 atom stereocenters. The molecule has 0 saturated carbocycles. The molecule has 0 unspecified atom stereocenters. The fourth-order valence-electron chi connectivity index (χ4n) is 2.57. The van der Waals surface area contributed by atoms with Crippen LogP contribution >= 0.6 is 0 Å². The maximum absolute atomic E-state index is 10.3. The summed E-state index contributed by atoms with van der Waals surface area (Å²) in [5.41, 5.74) is 8.34. The summed E-state index contributed by atoms with van der Waals surface area (Å²) in [6.45, 7) is 3.46. The van der Waals surface area contributed by atoms with Crippen LogP contribution in [0.25, 0.3) is 0 Å². The van der Waals surface area contributed by atoms with Crippen molar-refractivity contribution >= 4 is 5.97 Å². The van der Waals surface area contributed by atoms with Gasteiger partial charge in [0.25, 0.3) is 0 Å². The normalized spacial score (nSPS) is 11.1. The summed E-state index contributed by atoms with van der Waals surface area (Å²) in [5.74, 6) is -1.21. The van der Waals surface area contributed by atoms with Crippen LogP contribution in [0.4, 0.5) is 0 Å². The van der Waals surface area contributed by atoms with Crippen LogP contribution in [0.5, 0.6) is 0 Å². The van der Waals surface area contributed by atoms with Gasteiger partial charge in [0.2, 0.25) is 0 Å². The van der Waals surface area contributed by atoms with E-state index in [1.54, 1.807) is 0 Å². The van der Waals surface area contributed by atoms with E-state index >= 15 is 0 Å². The van der Waals surface area contributed by atoms with Crippen LogP contribution in [-0.4, -0.2) is 35.1 Å². The Morgan fingerprint density at radius 1 is 0.707 bits per heavy atom. The molecule has 0 spiro atoms.